The van der Waals surface area contributed by atoms with Crippen molar-refractivity contribution in [3.63, 3.8) is 0 Å². The summed E-state index contributed by atoms with van der Waals surface area (Å²) < 4.78 is 6.02. The number of thiophene rings is 1. The largest absolute Gasteiger partial charge is 0.478 e. The van der Waals surface area contributed by atoms with E-state index in [1.165, 1.54) is 9.75 Å². The molecule has 21 heavy (non-hydrogen) atoms. The number of aromatic amines is 1. The van der Waals surface area contributed by atoms with Crippen LogP contribution in [0.3, 0.4) is 0 Å². The highest BCUT2D eigenvalue weighted by Gasteiger charge is 2.23. The average Bonchev–Trinajstić information content (AvgIpc) is 3.15. The van der Waals surface area contributed by atoms with Crippen LogP contribution in [0.4, 0.5) is 5.69 Å². The Morgan fingerprint density at radius 2 is 2.14 bits per heavy atom. The average molecular weight is 297 g/mol. The first-order valence-electron chi connectivity index (χ1n) is 6.91. The molecule has 0 saturated heterocycles. The van der Waals surface area contributed by atoms with Gasteiger partial charge in [-0.25, -0.2) is 4.98 Å². The molecule has 4 nitrogen and oxygen atoms in total. The Bertz CT molecular complexity index is 777. The van der Waals surface area contributed by atoms with Crippen molar-refractivity contribution in [1.82, 2.24) is 9.97 Å². The van der Waals surface area contributed by atoms with Crippen LogP contribution < -0.4 is 10.1 Å². The first kappa shape index (κ1) is 12.5. The van der Waals surface area contributed by atoms with Crippen LogP contribution >= 0.6 is 11.3 Å². The standard InChI is InChI=1S/C16H15N3OS/c1-10-6-7-15(21-10)12-8-18-16(19-12)14-9-17-11-4-2-3-5-13(11)20-14/h2-8,14,17H,9H2,1H3,(H,18,19). The number of nitrogens with one attached hydrogen (secondary N) is 2. The van der Waals surface area contributed by atoms with Crippen molar-refractivity contribution in [1.29, 1.82) is 0 Å². The van der Waals surface area contributed by atoms with Gasteiger partial charge in [0.05, 0.1) is 29.0 Å². The zero-order valence-corrected chi connectivity index (χ0v) is 12.4. The minimum atomic E-state index is -0.0882. The molecule has 0 saturated carbocycles. The summed E-state index contributed by atoms with van der Waals surface area (Å²) in [6, 6.07) is 12.2. The first-order valence-corrected chi connectivity index (χ1v) is 7.72. The number of para-hydroxylation sites is 2. The Balaban J connectivity index is 1.60. The lowest BCUT2D eigenvalue weighted by Gasteiger charge is -2.25. The van der Waals surface area contributed by atoms with Gasteiger partial charge in [0, 0.05) is 4.88 Å². The fourth-order valence-corrected chi connectivity index (χ4v) is 3.30. The molecule has 5 heteroatoms. The molecular weight excluding hydrogens is 282 g/mol. The normalized spacial score (nSPS) is 16.9. The van der Waals surface area contributed by atoms with E-state index in [0.29, 0.717) is 6.54 Å². The van der Waals surface area contributed by atoms with Crippen molar-refractivity contribution in [2.24, 2.45) is 0 Å². The number of imidazole rings is 1. The van der Waals surface area contributed by atoms with Crippen LogP contribution in [0.5, 0.6) is 5.75 Å². The van der Waals surface area contributed by atoms with Gasteiger partial charge in [-0.3, -0.25) is 0 Å². The van der Waals surface area contributed by atoms with Crippen LogP contribution in [0.15, 0.2) is 42.6 Å². The number of aryl methyl sites for hydroxylation is 1. The van der Waals surface area contributed by atoms with Crippen LogP contribution in [-0.4, -0.2) is 16.5 Å². The molecule has 1 atom stereocenters. The van der Waals surface area contributed by atoms with E-state index in [-0.39, 0.29) is 6.10 Å². The topological polar surface area (TPSA) is 49.9 Å². The van der Waals surface area contributed by atoms with Gasteiger partial charge in [-0.1, -0.05) is 12.1 Å². The van der Waals surface area contributed by atoms with E-state index < -0.39 is 0 Å². The van der Waals surface area contributed by atoms with Crippen molar-refractivity contribution in [2.75, 3.05) is 11.9 Å². The fraction of sp³-hybridized carbons (Fsp3) is 0.188. The summed E-state index contributed by atoms with van der Waals surface area (Å²) in [7, 11) is 0. The molecule has 0 amide bonds. The summed E-state index contributed by atoms with van der Waals surface area (Å²) >= 11 is 1.76. The second-order valence-electron chi connectivity index (χ2n) is 5.08. The van der Waals surface area contributed by atoms with Crippen LogP contribution in [0.1, 0.15) is 16.8 Å². The summed E-state index contributed by atoms with van der Waals surface area (Å²) in [4.78, 5) is 10.4. The van der Waals surface area contributed by atoms with Gasteiger partial charge in [-0.15, -0.1) is 11.3 Å². The van der Waals surface area contributed by atoms with Crippen molar-refractivity contribution < 1.29 is 4.74 Å². The summed E-state index contributed by atoms with van der Waals surface area (Å²) in [6.45, 7) is 2.82. The molecule has 0 bridgehead atoms. The van der Waals surface area contributed by atoms with Crippen molar-refractivity contribution in [2.45, 2.75) is 13.0 Å². The highest BCUT2D eigenvalue weighted by Crippen LogP contribution is 2.34. The van der Waals surface area contributed by atoms with Crippen LogP contribution in [0.25, 0.3) is 10.6 Å². The van der Waals surface area contributed by atoms with Crippen molar-refractivity contribution >= 4 is 17.0 Å². The quantitative estimate of drug-likeness (QED) is 0.752. The third kappa shape index (κ3) is 2.29. The molecule has 0 aliphatic carbocycles. The highest BCUT2D eigenvalue weighted by molar-refractivity contribution is 7.15. The summed E-state index contributed by atoms with van der Waals surface area (Å²) in [6.07, 6.45) is 1.79. The molecule has 0 fully saturated rings. The van der Waals surface area contributed by atoms with E-state index in [4.69, 9.17) is 4.74 Å². The molecule has 2 aromatic heterocycles. The Morgan fingerprint density at radius 3 is 3.00 bits per heavy atom. The smallest absolute Gasteiger partial charge is 0.173 e. The molecule has 2 N–H and O–H groups in total. The predicted molar refractivity (Wildman–Crippen MR) is 84.9 cm³/mol. The second kappa shape index (κ2) is 4.93. The number of hydrogen-bond donors (Lipinski definition) is 2. The minimum Gasteiger partial charge on any atom is -0.478 e. The van der Waals surface area contributed by atoms with Crippen LogP contribution in [0, 0.1) is 6.92 Å². The van der Waals surface area contributed by atoms with Gasteiger partial charge in [0.15, 0.2) is 6.10 Å². The Hall–Kier alpha value is -2.27. The zero-order chi connectivity index (χ0) is 14.2. The molecule has 1 aliphatic heterocycles. The molecule has 4 rings (SSSR count). The zero-order valence-electron chi connectivity index (χ0n) is 11.6. The number of benzene rings is 1. The summed E-state index contributed by atoms with van der Waals surface area (Å²) in [5.41, 5.74) is 2.08. The van der Waals surface area contributed by atoms with E-state index >= 15 is 0 Å². The highest BCUT2D eigenvalue weighted by atomic mass is 32.1. The second-order valence-corrected chi connectivity index (χ2v) is 6.36. The van der Waals surface area contributed by atoms with Crippen molar-refractivity contribution in [3.8, 4) is 16.3 Å². The number of rotatable bonds is 2. The van der Waals surface area contributed by atoms with E-state index in [0.717, 1.165) is 23.0 Å². The maximum Gasteiger partial charge on any atom is 0.173 e. The monoisotopic (exact) mass is 297 g/mol. The number of nitrogens with zero attached hydrogens (tertiary/aromatic N) is 1. The lowest BCUT2D eigenvalue weighted by Crippen LogP contribution is -2.24. The van der Waals surface area contributed by atoms with Gasteiger partial charge in [-0.2, -0.15) is 0 Å². The predicted octanol–water partition coefficient (Wildman–Crippen LogP) is 3.99. The fourth-order valence-electron chi connectivity index (χ4n) is 2.47. The Morgan fingerprint density at radius 1 is 1.24 bits per heavy atom. The number of anilines is 1. The van der Waals surface area contributed by atoms with E-state index in [1.807, 2.05) is 30.5 Å². The van der Waals surface area contributed by atoms with Crippen molar-refractivity contribution in [3.05, 3.63) is 53.3 Å². The van der Waals surface area contributed by atoms with Gasteiger partial charge in [-0.05, 0) is 31.2 Å². The Labute approximate surface area is 126 Å². The van der Waals surface area contributed by atoms with Crippen LogP contribution in [-0.2, 0) is 0 Å². The third-order valence-electron chi connectivity index (χ3n) is 3.54. The molecule has 1 aromatic carbocycles. The van der Waals surface area contributed by atoms with Gasteiger partial charge in [0.1, 0.15) is 11.6 Å². The molecule has 3 aromatic rings. The SMILES string of the molecule is Cc1ccc(-c2cnc(C3CNc4ccccc4O3)[nH]2)s1. The van der Waals surface area contributed by atoms with Gasteiger partial charge >= 0.3 is 0 Å². The molecule has 106 valence electrons. The van der Waals surface area contributed by atoms with Gasteiger partial charge < -0.3 is 15.0 Å². The van der Waals surface area contributed by atoms with E-state index in [9.17, 15) is 0 Å². The molecular formula is C16H15N3OS. The molecule has 1 unspecified atom stereocenters. The molecule has 0 radical (unpaired) electrons. The maximum absolute atomic E-state index is 6.02. The number of H-pyrrole nitrogens is 1. The lowest BCUT2D eigenvalue weighted by molar-refractivity contribution is 0.201. The molecule has 1 aliphatic rings. The molecule has 3 heterocycles. The summed E-state index contributed by atoms with van der Waals surface area (Å²) in [5.74, 6) is 1.73. The summed E-state index contributed by atoms with van der Waals surface area (Å²) in [5, 5.41) is 3.38. The van der Waals surface area contributed by atoms with Gasteiger partial charge in [0.25, 0.3) is 0 Å². The van der Waals surface area contributed by atoms with Gasteiger partial charge in [0.2, 0.25) is 0 Å². The van der Waals surface area contributed by atoms with E-state index in [1.54, 1.807) is 11.3 Å². The lowest BCUT2D eigenvalue weighted by atomic mass is 10.2. The number of aromatic nitrogens is 2. The number of fused-ring (bicyclic) bond motifs is 1. The minimum absolute atomic E-state index is 0.0882. The van der Waals surface area contributed by atoms with Crippen LogP contribution in [0.2, 0.25) is 0 Å². The maximum atomic E-state index is 6.02. The number of hydrogen-bond acceptors (Lipinski definition) is 4. The first-order chi connectivity index (χ1) is 10.3. The molecule has 0 spiro atoms. The number of ether oxygens (including phenoxy) is 1. The van der Waals surface area contributed by atoms with E-state index in [2.05, 4.69) is 34.3 Å². The Kier molecular flexibility index (Phi) is 2.93. The third-order valence-corrected chi connectivity index (χ3v) is 4.57.